The van der Waals surface area contributed by atoms with Crippen LogP contribution < -0.4 is 10.6 Å². The van der Waals surface area contributed by atoms with E-state index < -0.39 is 5.91 Å². The minimum Gasteiger partial charge on any atom is -0.387 e. The predicted molar refractivity (Wildman–Crippen MR) is 84.2 cm³/mol. The molecule has 0 saturated heterocycles. The van der Waals surface area contributed by atoms with Crippen LogP contribution >= 0.6 is 23.2 Å². The molecule has 2 rings (SSSR count). The highest BCUT2D eigenvalue weighted by molar-refractivity contribution is 6.35. The van der Waals surface area contributed by atoms with Crippen LogP contribution in [0.4, 0.5) is 5.69 Å². The molecule has 0 unspecified atom stereocenters. The summed E-state index contributed by atoms with van der Waals surface area (Å²) in [5.74, 6) is -0.507. The van der Waals surface area contributed by atoms with Gasteiger partial charge >= 0.3 is 0 Å². The molecule has 0 aromatic heterocycles. The predicted octanol–water partition coefficient (Wildman–Crippen LogP) is 3.87. The van der Waals surface area contributed by atoms with Gasteiger partial charge in [-0.3, -0.25) is 4.79 Å². The van der Waals surface area contributed by atoms with Gasteiger partial charge in [-0.15, -0.1) is 0 Å². The fourth-order valence-electron chi connectivity index (χ4n) is 2.23. The number of amides is 1. The summed E-state index contributed by atoms with van der Waals surface area (Å²) in [4.78, 5) is 12.1. The summed E-state index contributed by atoms with van der Waals surface area (Å²) in [6.45, 7) is 0. The third-order valence-corrected chi connectivity index (χ3v) is 3.92. The van der Waals surface area contributed by atoms with Crippen LogP contribution in [0.2, 0.25) is 10.0 Å². The first-order valence-electron chi connectivity index (χ1n) is 6.73. The number of nitrogens with one attached hydrogen (secondary N) is 2. The van der Waals surface area contributed by atoms with Crippen molar-refractivity contribution in [2.45, 2.75) is 31.7 Å². The van der Waals surface area contributed by atoms with Crippen LogP contribution in [-0.2, 0) is 4.79 Å². The van der Waals surface area contributed by atoms with E-state index >= 15 is 0 Å². The van der Waals surface area contributed by atoms with Crippen LogP contribution in [0.15, 0.2) is 30.0 Å². The van der Waals surface area contributed by atoms with Crippen molar-refractivity contribution in [2.24, 2.45) is 0 Å². The molecule has 21 heavy (non-hydrogen) atoms. The zero-order valence-electron chi connectivity index (χ0n) is 11.3. The highest BCUT2D eigenvalue weighted by atomic mass is 35.5. The van der Waals surface area contributed by atoms with E-state index in [4.69, 9.17) is 28.5 Å². The topological polar surface area (TPSA) is 64.9 Å². The van der Waals surface area contributed by atoms with Crippen molar-refractivity contribution in [3.8, 4) is 6.07 Å². The maximum atomic E-state index is 12.1. The van der Waals surface area contributed by atoms with E-state index in [1.807, 2.05) is 6.07 Å². The van der Waals surface area contributed by atoms with Crippen molar-refractivity contribution in [2.75, 3.05) is 5.32 Å². The van der Waals surface area contributed by atoms with Crippen LogP contribution in [-0.4, -0.2) is 11.9 Å². The number of nitrogens with zero attached hydrogens (tertiary/aromatic N) is 1. The summed E-state index contributed by atoms with van der Waals surface area (Å²) in [6.07, 6.45) is 5.97. The standard InChI is InChI=1S/C15H15Cl2N3O/c16-11-5-6-13(17)14(7-11)20-15(21)10(8-18)9-19-12-3-1-2-4-12/h5-7,9,12,19H,1-4H2,(H,20,21)/b10-9-. The molecular formula is C15H15Cl2N3O. The number of carbonyl (C=O) groups is 1. The molecule has 1 amide bonds. The van der Waals surface area contributed by atoms with Gasteiger partial charge in [0, 0.05) is 17.3 Å². The largest absolute Gasteiger partial charge is 0.387 e. The van der Waals surface area contributed by atoms with Gasteiger partial charge < -0.3 is 10.6 Å². The normalized spacial score (nSPS) is 15.6. The van der Waals surface area contributed by atoms with Gasteiger partial charge in [0.15, 0.2) is 0 Å². The average molecular weight is 324 g/mol. The lowest BCUT2D eigenvalue weighted by molar-refractivity contribution is -0.112. The molecule has 1 saturated carbocycles. The van der Waals surface area contributed by atoms with Crippen molar-refractivity contribution >= 4 is 34.8 Å². The molecule has 2 N–H and O–H groups in total. The maximum Gasteiger partial charge on any atom is 0.267 e. The molecule has 6 heteroatoms. The van der Waals surface area contributed by atoms with E-state index in [-0.39, 0.29) is 5.57 Å². The number of carbonyl (C=O) groups excluding carboxylic acids is 1. The summed E-state index contributed by atoms with van der Waals surface area (Å²) in [5, 5.41) is 15.6. The molecule has 0 radical (unpaired) electrons. The SMILES string of the molecule is N#C/C(=C/NC1CCCC1)C(=O)Nc1cc(Cl)ccc1Cl. The van der Waals surface area contributed by atoms with Crippen LogP contribution in [0.25, 0.3) is 0 Å². The van der Waals surface area contributed by atoms with Crippen molar-refractivity contribution < 1.29 is 4.79 Å². The van der Waals surface area contributed by atoms with Gasteiger partial charge in [-0.25, -0.2) is 0 Å². The number of hydrogen-bond acceptors (Lipinski definition) is 3. The van der Waals surface area contributed by atoms with Crippen molar-refractivity contribution in [1.82, 2.24) is 5.32 Å². The highest BCUT2D eigenvalue weighted by Crippen LogP contribution is 2.25. The zero-order valence-corrected chi connectivity index (χ0v) is 12.8. The molecular weight excluding hydrogens is 309 g/mol. The molecule has 0 heterocycles. The first kappa shape index (κ1) is 15.7. The second kappa shape index (κ2) is 7.35. The summed E-state index contributed by atoms with van der Waals surface area (Å²) in [6, 6.07) is 6.99. The van der Waals surface area contributed by atoms with Gasteiger partial charge in [0.1, 0.15) is 11.6 Å². The van der Waals surface area contributed by atoms with Gasteiger partial charge in [0.25, 0.3) is 5.91 Å². The Hall–Kier alpha value is -1.70. The third kappa shape index (κ3) is 4.38. The van der Waals surface area contributed by atoms with E-state index in [0.29, 0.717) is 21.8 Å². The lowest BCUT2D eigenvalue weighted by Crippen LogP contribution is -2.23. The second-order valence-electron chi connectivity index (χ2n) is 4.90. The number of hydrogen-bond donors (Lipinski definition) is 2. The lowest BCUT2D eigenvalue weighted by atomic mass is 10.2. The average Bonchev–Trinajstić information content (AvgIpc) is 2.97. The minimum absolute atomic E-state index is 0.0120. The van der Waals surface area contributed by atoms with Gasteiger partial charge in [-0.05, 0) is 31.0 Å². The Balaban J connectivity index is 2.04. The molecule has 110 valence electrons. The summed E-state index contributed by atoms with van der Waals surface area (Å²) in [5.41, 5.74) is 0.397. The highest BCUT2D eigenvalue weighted by Gasteiger charge is 2.15. The van der Waals surface area contributed by atoms with E-state index in [9.17, 15) is 4.79 Å². The summed E-state index contributed by atoms with van der Waals surface area (Å²) in [7, 11) is 0. The Bertz CT molecular complexity index is 601. The maximum absolute atomic E-state index is 12.1. The summed E-state index contributed by atoms with van der Waals surface area (Å²) >= 11 is 11.8. The van der Waals surface area contributed by atoms with Gasteiger partial charge in [0.05, 0.1) is 10.7 Å². The van der Waals surface area contributed by atoms with Gasteiger partial charge in [-0.2, -0.15) is 5.26 Å². The minimum atomic E-state index is -0.507. The number of anilines is 1. The molecule has 1 fully saturated rings. The van der Waals surface area contributed by atoms with E-state index in [1.54, 1.807) is 18.2 Å². The molecule has 1 aliphatic carbocycles. The van der Waals surface area contributed by atoms with E-state index in [2.05, 4.69) is 10.6 Å². The van der Waals surface area contributed by atoms with Gasteiger partial charge in [-0.1, -0.05) is 36.0 Å². The molecule has 1 aliphatic rings. The Morgan fingerprint density at radius 2 is 2.05 bits per heavy atom. The number of nitriles is 1. The van der Waals surface area contributed by atoms with Crippen LogP contribution in [0.5, 0.6) is 0 Å². The van der Waals surface area contributed by atoms with Crippen molar-refractivity contribution in [1.29, 1.82) is 5.26 Å². The Morgan fingerprint density at radius 1 is 1.33 bits per heavy atom. The van der Waals surface area contributed by atoms with Crippen molar-refractivity contribution in [3.05, 3.63) is 40.0 Å². The van der Waals surface area contributed by atoms with Crippen LogP contribution in [0.1, 0.15) is 25.7 Å². The third-order valence-electron chi connectivity index (χ3n) is 3.36. The molecule has 0 spiro atoms. The monoisotopic (exact) mass is 323 g/mol. The Labute approximate surface area is 133 Å². The molecule has 0 bridgehead atoms. The quantitative estimate of drug-likeness (QED) is 0.653. The fraction of sp³-hybridized carbons (Fsp3) is 0.333. The molecule has 1 aromatic carbocycles. The first-order valence-corrected chi connectivity index (χ1v) is 7.48. The molecule has 0 atom stereocenters. The molecule has 0 aliphatic heterocycles. The molecule has 1 aromatic rings. The second-order valence-corrected chi connectivity index (χ2v) is 5.74. The van der Waals surface area contributed by atoms with E-state index in [0.717, 1.165) is 12.8 Å². The number of benzene rings is 1. The smallest absolute Gasteiger partial charge is 0.267 e. The Kier molecular flexibility index (Phi) is 5.49. The molecule has 4 nitrogen and oxygen atoms in total. The zero-order chi connectivity index (χ0) is 15.2. The lowest BCUT2D eigenvalue weighted by Gasteiger charge is -2.10. The van der Waals surface area contributed by atoms with Crippen molar-refractivity contribution in [3.63, 3.8) is 0 Å². The Morgan fingerprint density at radius 3 is 2.71 bits per heavy atom. The van der Waals surface area contributed by atoms with E-state index in [1.165, 1.54) is 19.0 Å². The number of rotatable bonds is 4. The fourth-order valence-corrected chi connectivity index (χ4v) is 2.56. The van der Waals surface area contributed by atoms with Gasteiger partial charge in [0.2, 0.25) is 0 Å². The first-order chi connectivity index (χ1) is 10.1. The van der Waals surface area contributed by atoms with Crippen LogP contribution in [0.3, 0.4) is 0 Å². The summed E-state index contributed by atoms with van der Waals surface area (Å²) < 4.78 is 0. The number of halogens is 2. The van der Waals surface area contributed by atoms with Crippen LogP contribution in [0, 0.1) is 11.3 Å².